The number of amides is 1. The average Bonchev–Trinajstić information content (AvgIpc) is 3.21. The Labute approximate surface area is 191 Å². The first-order valence-corrected chi connectivity index (χ1v) is 12.4. The van der Waals surface area contributed by atoms with Gasteiger partial charge in [-0.25, -0.2) is 8.42 Å². The summed E-state index contributed by atoms with van der Waals surface area (Å²) in [5, 5.41) is 12.2. The van der Waals surface area contributed by atoms with Crippen LogP contribution in [-0.2, 0) is 14.8 Å². The third kappa shape index (κ3) is 4.58. The van der Waals surface area contributed by atoms with E-state index in [9.17, 15) is 13.2 Å². The molecule has 1 aromatic heterocycles. The van der Waals surface area contributed by atoms with Crippen LogP contribution in [0.5, 0.6) is 0 Å². The van der Waals surface area contributed by atoms with Crippen LogP contribution in [0.4, 0.5) is 5.13 Å². The van der Waals surface area contributed by atoms with Crippen molar-refractivity contribution in [1.29, 1.82) is 0 Å². The second-order valence-electron chi connectivity index (χ2n) is 7.68. The molecule has 1 aliphatic heterocycles. The molecule has 0 bridgehead atoms. The molecule has 32 heavy (non-hydrogen) atoms. The molecule has 0 aliphatic carbocycles. The maximum absolute atomic E-state index is 12.7. The molecule has 0 spiro atoms. The molecule has 10 heteroatoms. The van der Waals surface area contributed by atoms with Crippen molar-refractivity contribution >= 4 is 32.4 Å². The minimum atomic E-state index is -3.60. The zero-order chi connectivity index (χ0) is 22.9. The molecule has 0 radical (unpaired) electrons. The summed E-state index contributed by atoms with van der Waals surface area (Å²) in [5.41, 5.74) is 4.75. The molecule has 1 aliphatic rings. The van der Waals surface area contributed by atoms with Gasteiger partial charge in [0.1, 0.15) is 5.01 Å². The number of carbonyl (C=O) groups excluding carboxylic acids is 1. The lowest BCUT2D eigenvalue weighted by Gasteiger charge is -2.26. The highest BCUT2D eigenvalue weighted by Crippen LogP contribution is 2.32. The molecule has 8 nitrogen and oxygen atoms in total. The van der Waals surface area contributed by atoms with Crippen molar-refractivity contribution in [3.8, 4) is 10.6 Å². The molecule has 0 saturated carbocycles. The number of hydrogen-bond acceptors (Lipinski definition) is 7. The van der Waals surface area contributed by atoms with Crippen molar-refractivity contribution in [2.24, 2.45) is 0 Å². The SMILES string of the molecule is Cc1cc(C)c(-c2nnc(NC(=O)c3ccc(S(=O)(=O)N4CCOCC4)cc3)s2)c(C)c1. The van der Waals surface area contributed by atoms with Crippen molar-refractivity contribution < 1.29 is 17.9 Å². The van der Waals surface area contributed by atoms with Crippen molar-refractivity contribution in [3.63, 3.8) is 0 Å². The van der Waals surface area contributed by atoms with Crippen LogP contribution in [0, 0.1) is 20.8 Å². The van der Waals surface area contributed by atoms with Crippen LogP contribution in [0.1, 0.15) is 27.0 Å². The summed E-state index contributed by atoms with van der Waals surface area (Å²) in [6.45, 7) is 7.51. The number of nitrogens with zero attached hydrogens (tertiary/aromatic N) is 3. The van der Waals surface area contributed by atoms with E-state index >= 15 is 0 Å². The van der Waals surface area contributed by atoms with Crippen LogP contribution in [0.2, 0.25) is 0 Å². The van der Waals surface area contributed by atoms with Gasteiger partial charge in [-0.1, -0.05) is 29.0 Å². The quantitative estimate of drug-likeness (QED) is 0.611. The molecule has 0 atom stereocenters. The summed E-state index contributed by atoms with van der Waals surface area (Å²) in [5.74, 6) is -0.375. The normalized spacial score (nSPS) is 15.0. The molecule has 1 saturated heterocycles. The Hall–Kier alpha value is -2.66. The van der Waals surface area contributed by atoms with E-state index in [-0.39, 0.29) is 10.8 Å². The Bertz CT molecular complexity index is 1220. The van der Waals surface area contributed by atoms with E-state index in [1.807, 2.05) is 20.8 Å². The number of hydrogen-bond donors (Lipinski definition) is 1. The van der Waals surface area contributed by atoms with E-state index in [2.05, 4.69) is 27.6 Å². The van der Waals surface area contributed by atoms with Gasteiger partial charge in [-0.05, 0) is 56.2 Å². The van der Waals surface area contributed by atoms with E-state index < -0.39 is 10.0 Å². The van der Waals surface area contributed by atoms with E-state index in [1.165, 1.54) is 45.5 Å². The lowest BCUT2D eigenvalue weighted by atomic mass is 10.0. The maximum atomic E-state index is 12.7. The van der Waals surface area contributed by atoms with Gasteiger partial charge in [-0.3, -0.25) is 10.1 Å². The van der Waals surface area contributed by atoms with E-state index in [1.54, 1.807) is 0 Å². The summed E-state index contributed by atoms with van der Waals surface area (Å²) in [6, 6.07) is 10.1. The van der Waals surface area contributed by atoms with Gasteiger partial charge in [0.05, 0.1) is 18.1 Å². The summed E-state index contributed by atoms with van der Waals surface area (Å²) in [7, 11) is -3.60. The number of sulfonamides is 1. The van der Waals surface area contributed by atoms with Gasteiger partial charge in [0, 0.05) is 24.2 Å². The zero-order valence-electron chi connectivity index (χ0n) is 18.1. The monoisotopic (exact) mass is 472 g/mol. The summed E-state index contributed by atoms with van der Waals surface area (Å²) < 4.78 is 32.1. The van der Waals surface area contributed by atoms with Crippen LogP contribution in [0.25, 0.3) is 10.6 Å². The summed E-state index contributed by atoms with van der Waals surface area (Å²) in [6.07, 6.45) is 0. The lowest BCUT2D eigenvalue weighted by Crippen LogP contribution is -2.40. The molecule has 3 aromatic rings. The van der Waals surface area contributed by atoms with Gasteiger partial charge in [-0.15, -0.1) is 10.2 Å². The van der Waals surface area contributed by atoms with Gasteiger partial charge in [0.15, 0.2) is 0 Å². The topological polar surface area (TPSA) is 101 Å². The maximum Gasteiger partial charge on any atom is 0.257 e. The first-order chi connectivity index (χ1) is 15.3. The predicted molar refractivity (Wildman–Crippen MR) is 124 cm³/mol. The number of aromatic nitrogens is 2. The minimum absolute atomic E-state index is 0.152. The lowest BCUT2D eigenvalue weighted by molar-refractivity contribution is 0.0730. The highest BCUT2D eigenvalue weighted by Gasteiger charge is 2.26. The van der Waals surface area contributed by atoms with Crippen LogP contribution < -0.4 is 5.32 Å². The zero-order valence-corrected chi connectivity index (χ0v) is 19.7. The predicted octanol–water partition coefficient (Wildman–Crippen LogP) is 3.40. The Morgan fingerprint density at radius 3 is 2.28 bits per heavy atom. The van der Waals surface area contributed by atoms with Crippen molar-refractivity contribution in [2.75, 3.05) is 31.6 Å². The molecule has 2 heterocycles. The Morgan fingerprint density at radius 1 is 1.03 bits per heavy atom. The summed E-state index contributed by atoms with van der Waals surface area (Å²) in [4.78, 5) is 12.8. The van der Waals surface area contributed by atoms with E-state index in [0.29, 0.717) is 37.0 Å². The number of anilines is 1. The number of morpholine rings is 1. The molecule has 168 valence electrons. The number of aryl methyl sites for hydroxylation is 3. The van der Waals surface area contributed by atoms with Crippen LogP contribution in [0.15, 0.2) is 41.3 Å². The molecule has 2 aromatic carbocycles. The fourth-order valence-corrected chi connectivity index (χ4v) is 6.10. The molecular formula is C22H24N4O4S2. The van der Waals surface area contributed by atoms with Gasteiger partial charge in [0.2, 0.25) is 15.2 Å². The smallest absolute Gasteiger partial charge is 0.257 e. The van der Waals surface area contributed by atoms with Crippen LogP contribution in [-0.4, -0.2) is 55.1 Å². The molecule has 1 amide bonds. The third-order valence-corrected chi connectivity index (χ3v) is 8.03. The number of carbonyl (C=O) groups is 1. The van der Waals surface area contributed by atoms with Crippen LogP contribution >= 0.6 is 11.3 Å². The second kappa shape index (κ2) is 9.07. The van der Waals surface area contributed by atoms with Crippen molar-refractivity contribution in [2.45, 2.75) is 25.7 Å². The fraction of sp³-hybridized carbons (Fsp3) is 0.318. The molecule has 4 rings (SSSR count). The fourth-order valence-electron chi connectivity index (χ4n) is 3.78. The van der Waals surface area contributed by atoms with Gasteiger partial charge in [-0.2, -0.15) is 4.31 Å². The van der Waals surface area contributed by atoms with Gasteiger partial charge in [0.25, 0.3) is 5.91 Å². The number of ether oxygens (including phenoxy) is 1. The van der Waals surface area contributed by atoms with Gasteiger partial charge < -0.3 is 4.74 Å². The first kappa shape index (κ1) is 22.5. The highest BCUT2D eigenvalue weighted by atomic mass is 32.2. The second-order valence-corrected chi connectivity index (χ2v) is 10.6. The van der Waals surface area contributed by atoms with E-state index in [0.717, 1.165) is 21.7 Å². The van der Waals surface area contributed by atoms with E-state index in [4.69, 9.17) is 4.74 Å². The molecular weight excluding hydrogens is 448 g/mol. The van der Waals surface area contributed by atoms with Crippen molar-refractivity contribution in [1.82, 2.24) is 14.5 Å². The standard InChI is InChI=1S/C22H24N4O4S2/c1-14-12-15(2)19(16(3)13-14)21-24-25-22(31-21)23-20(27)17-4-6-18(7-5-17)32(28,29)26-8-10-30-11-9-26/h4-7,12-13H,8-11H2,1-3H3,(H,23,25,27). The Morgan fingerprint density at radius 2 is 1.66 bits per heavy atom. The van der Waals surface area contributed by atoms with Crippen molar-refractivity contribution in [3.05, 3.63) is 58.7 Å². The Balaban J connectivity index is 1.48. The molecule has 1 fully saturated rings. The molecule has 1 N–H and O–H groups in total. The number of nitrogens with one attached hydrogen (secondary N) is 1. The third-order valence-electron chi connectivity index (χ3n) is 5.26. The van der Waals surface area contributed by atoms with Gasteiger partial charge >= 0.3 is 0 Å². The first-order valence-electron chi connectivity index (χ1n) is 10.2. The minimum Gasteiger partial charge on any atom is -0.379 e. The van der Waals surface area contributed by atoms with Crippen LogP contribution in [0.3, 0.4) is 0 Å². The highest BCUT2D eigenvalue weighted by molar-refractivity contribution is 7.89. The number of rotatable bonds is 5. The number of benzene rings is 2. The largest absolute Gasteiger partial charge is 0.379 e. The Kier molecular flexibility index (Phi) is 6.38. The molecule has 0 unspecified atom stereocenters. The summed E-state index contributed by atoms with van der Waals surface area (Å²) >= 11 is 1.30. The average molecular weight is 473 g/mol.